The summed E-state index contributed by atoms with van der Waals surface area (Å²) in [7, 11) is 0. The van der Waals surface area contributed by atoms with Gasteiger partial charge in [0.1, 0.15) is 5.82 Å². The molecule has 4 nitrogen and oxygen atoms in total. The van der Waals surface area contributed by atoms with Crippen LogP contribution in [0, 0.1) is 11.2 Å². The molecule has 1 aromatic rings. The number of hydrogen-bond donors (Lipinski definition) is 1. The van der Waals surface area contributed by atoms with Crippen LogP contribution in [0.15, 0.2) is 30.3 Å². The fraction of sp³-hybridized carbons (Fsp3) is 0.333. The highest BCUT2D eigenvalue weighted by atomic mass is 19.1. The quantitative estimate of drug-likeness (QED) is 0.861. The maximum Gasteiger partial charge on any atom is 0.311 e. The van der Waals surface area contributed by atoms with Gasteiger partial charge in [0.05, 0.1) is 5.41 Å². The van der Waals surface area contributed by atoms with Crippen LogP contribution < -0.4 is 0 Å². The summed E-state index contributed by atoms with van der Waals surface area (Å²) in [6, 6.07) is 5.92. The Hall–Kier alpha value is -2.17. The summed E-state index contributed by atoms with van der Waals surface area (Å²) in [5.74, 6) is -1.50. The molecule has 2 rings (SSSR count). The second-order valence-electron chi connectivity index (χ2n) is 5.26. The van der Waals surface area contributed by atoms with Crippen molar-refractivity contribution in [1.82, 2.24) is 4.90 Å². The molecule has 1 saturated heterocycles. The van der Waals surface area contributed by atoms with Crippen molar-refractivity contribution < 1.29 is 19.1 Å². The average molecular weight is 277 g/mol. The fourth-order valence-corrected chi connectivity index (χ4v) is 2.21. The molecule has 5 heteroatoms. The molecule has 1 aromatic carbocycles. The molecule has 0 unspecified atom stereocenters. The number of hydrogen-bond acceptors (Lipinski definition) is 2. The second-order valence-corrected chi connectivity index (χ2v) is 5.26. The van der Waals surface area contributed by atoms with Gasteiger partial charge < -0.3 is 10.0 Å². The van der Waals surface area contributed by atoms with Crippen molar-refractivity contribution in [2.75, 3.05) is 13.1 Å². The van der Waals surface area contributed by atoms with Crippen molar-refractivity contribution in [3.05, 3.63) is 41.7 Å². The molecule has 1 fully saturated rings. The highest BCUT2D eigenvalue weighted by Gasteiger charge is 2.41. The van der Waals surface area contributed by atoms with E-state index in [0.717, 1.165) is 0 Å². The van der Waals surface area contributed by atoms with Crippen molar-refractivity contribution in [2.45, 2.75) is 13.3 Å². The van der Waals surface area contributed by atoms with Crippen LogP contribution >= 0.6 is 0 Å². The minimum atomic E-state index is -0.887. The third kappa shape index (κ3) is 3.04. The topological polar surface area (TPSA) is 57.6 Å². The van der Waals surface area contributed by atoms with E-state index in [1.165, 1.54) is 29.2 Å². The molecule has 106 valence electrons. The Morgan fingerprint density at radius 3 is 2.80 bits per heavy atom. The average Bonchev–Trinajstić information content (AvgIpc) is 2.80. The Morgan fingerprint density at radius 1 is 1.45 bits per heavy atom. The first-order chi connectivity index (χ1) is 9.40. The van der Waals surface area contributed by atoms with Crippen molar-refractivity contribution in [2.24, 2.45) is 5.41 Å². The van der Waals surface area contributed by atoms with Crippen LogP contribution in [0.4, 0.5) is 4.39 Å². The lowest BCUT2D eigenvalue weighted by Crippen LogP contribution is -2.34. The third-order valence-corrected chi connectivity index (χ3v) is 3.57. The Balaban J connectivity index is 2.01. The Kier molecular flexibility index (Phi) is 3.88. The molecule has 0 saturated carbocycles. The number of carboxylic acids is 1. The first-order valence-corrected chi connectivity index (χ1v) is 6.37. The molecule has 1 atom stereocenters. The van der Waals surface area contributed by atoms with Gasteiger partial charge in [0, 0.05) is 19.2 Å². The maximum absolute atomic E-state index is 13.0. The molecule has 1 amide bonds. The van der Waals surface area contributed by atoms with Gasteiger partial charge in [0.2, 0.25) is 5.91 Å². The molecule has 1 heterocycles. The second kappa shape index (κ2) is 5.45. The van der Waals surface area contributed by atoms with Gasteiger partial charge in [0.15, 0.2) is 0 Å². The number of aliphatic carboxylic acids is 1. The fourth-order valence-electron chi connectivity index (χ4n) is 2.21. The standard InChI is InChI=1S/C15H16FNO3/c1-15(14(19)20)7-8-17(10-15)13(18)6-5-11-3-2-4-12(16)9-11/h2-6,9H,7-8,10H2,1H3,(H,19,20)/b6-5+/t15-/m0/s1. The monoisotopic (exact) mass is 277 g/mol. The minimum Gasteiger partial charge on any atom is -0.481 e. The highest BCUT2D eigenvalue weighted by molar-refractivity contribution is 5.92. The number of benzene rings is 1. The SMILES string of the molecule is C[C@]1(C(=O)O)CCN(C(=O)/C=C/c2cccc(F)c2)C1. The van der Waals surface area contributed by atoms with Crippen molar-refractivity contribution in [3.63, 3.8) is 0 Å². The van der Waals surface area contributed by atoms with Crippen LogP contribution in [0.1, 0.15) is 18.9 Å². The van der Waals surface area contributed by atoms with Crippen LogP contribution in [-0.4, -0.2) is 35.0 Å². The van der Waals surface area contributed by atoms with Gasteiger partial charge in [-0.15, -0.1) is 0 Å². The summed E-state index contributed by atoms with van der Waals surface area (Å²) in [5.41, 5.74) is -0.277. The van der Waals surface area contributed by atoms with Gasteiger partial charge in [-0.1, -0.05) is 12.1 Å². The molecule has 1 aliphatic rings. The Morgan fingerprint density at radius 2 is 2.20 bits per heavy atom. The van der Waals surface area contributed by atoms with Crippen molar-refractivity contribution >= 4 is 18.0 Å². The molecule has 0 aliphatic carbocycles. The number of carboxylic acid groups (broad SMARTS) is 1. The third-order valence-electron chi connectivity index (χ3n) is 3.57. The van der Waals surface area contributed by atoms with Crippen LogP contribution in [0.5, 0.6) is 0 Å². The summed E-state index contributed by atoms with van der Waals surface area (Å²) in [5, 5.41) is 9.11. The number of rotatable bonds is 3. The van der Waals surface area contributed by atoms with E-state index in [-0.39, 0.29) is 18.3 Å². The van der Waals surface area contributed by atoms with Crippen molar-refractivity contribution in [3.8, 4) is 0 Å². The Labute approximate surface area is 116 Å². The van der Waals surface area contributed by atoms with E-state index in [2.05, 4.69) is 0 Å². The lowest BCUT2D eigenvalue weighted by atomic mass is 9.90. The highest BCUT2D eigenvalue weighted by Crippen LogP contribution is 2.30. The van der Waals surface area contributed by atoms with E-state index >= 15 is 0 Å². The largest absolute Gasteiger partial charge is 0.481 e. The normalized spacial score (nSPS) is 22.4. The predicted octanol–water partition coefficient (Wildman–Crippen LogP) is 2.16. The summed E-state index contributed by atoms with van der Waals surface area (Å²) in [6.45, 7) is 2.27. The van der Waals surface area contributed by atoms with Gasteiger partial charge in [-0.25, -0.2) is 4.39 Å². The first kappa shape index (κ1) is 14.2. The summed E-state index contributed by atoms with van der Waals surface area (Å²) < 4.78 is 13.0. The zero-order chi connectivity index (χ0) is 14.8. The van der Waals surface area contributed by atoms with E-state index in [1.807, 2.05) is 0 Å². The molecule has 0 radical (unpaired) electrons. The Bertz CT molecular complexity index is 570. The summed E-state index contributed by atoms with van der Waals surface area (Å²) in [4.78, 5) is 24.6. The molecule has 0 aromatic heterocycles. The van der Waals surface area contributed by atoms with Gasteiger partial charge in [0.25, 0.3) is 0 Å². The maximum atomic E-state index is 13.0. The van der Waals surface area contributed by atoms with Crippen LogP contribution in [-0.2, 0) is 9.59 Å². The van der Waals surface area contributed by atoms with Crippen LogP contribution in [0.2, 0.25) is 0 Å². The van der Waals surface area contributed by atoms with Crippen LogP contribution in [0.25, 0.3) is 6.08 Å². The lowest BCUT2D eigenvalue weighted by molar-refractivity contribution is -0.147. The number of halogens is 1. The summed E-state index contributed by atoms with van der Waals surface area (Å²) in [6.07, 6.45) is 3.33. The molecule has 1 N–H and O–H groups in total. The number of carbonyl (C=O) groups excluding carboxylic acids is 1. The zero-order valence-electron chi connectivity index (χ0n) is 11.2. The number of carbonyl (C=O) groups is 2. The molecule has 1 aliphatic heterocycles. The smallest absolute Gasteiger partial charge is 0.311 e. The first-order valence-electron chi connectivity index (χ1n) is 6.37. The lowest BCUT2D eigenvalue weighted by Gasteiger charge is -2.18. The molecule has 0 bridgehead atoms. The predicted molar refractivity (Wildman–Crippen MR) is 72.4 cm³/mol. The summed E-state index contributed by atoms with van der Waals surface area (Å²) >= 11 is 0. The van der Waals surface area contributed by atoms with Gasteiger partial charge in [-0.3, -0.25) is 9.59 Å². The van der Waals surface area contributed by atoms with E-state index < -0.39 is 11.4 Å². The van der Waals surface area contributed by atoms with E-state index in [9.17, 15) is 14.0 Å². The van der Waals surface area contributed by atoms with Gasteiger partial charge in [-0.2, -0.15) is 0 Å². The van der Waals surface area contributed by atoms with Crippen molar-refractivity contribution in [1.29, 1.82) is 0 Å². The molecule has 0 spiro atoms. The molecular weight excluding hydrogens is 261 g/mol. The minimum absolute atomic E-state index is 0.203. The van der Waals surface area contributed by atoms with E-state index in [1.54, 1.807) is 19.1 Å². The molecular formula is C15H16FNO3. The van der Waals surface area contributed by atoms with Gasteiger partial charge >= 0.3 is 5.97 Å². The van der Waals surface area contributed by atoms with Crippen LogP contribution in [0.3, 0.4) is 0 Å². The molecule has 20 heavy (non-hydrogen) atoms. The number of likely N-dealkylation sites (tertiary alicyclic amines) is 1. The number of amides is 1. The van der Waals surface area contributed by atoms with E-state index in [4.69, 9.17) is 5.11 Å². The van der Waals surface area contributed by atoms with Gasteiger partial charge in [-0.05, 0) is 37.1 Å². The van der Waals surface area contributed by atoms with E-state index in [0.29, 0.717) is 18.5 Å². The zero-order valence-corrected chi connectivity index (χ0v) is 11.2. The number of nitrogens with zero attached hydrogens (tertiary/aromatic N) is 1.